The van der Waals surface area contributed by atoms with E-state index >= 15 is 0 Å². The maximum Gasteiger partial charge on any atom is 0.343 e. The Morgan fingerprint density at radius 1 is 0.738 bits per heavy atom. The average Bonchev–Trinajstić information content (AvgIpc) is 3.00. The van der Waals surface area contributed by atoms with Crippen LogP contribution in [0.15, 0.2) is 47.6 Å². The summed E-state index contributed by atoms with van der Waals surface area (Å²) in [6, 6.07) is 12.0. The molecular weight excluding hydrogens is 528 g/mol. The van der Waals surface area contributed by atoms with Crippen LogP contribution >= 0.6 is 0 Å². The number of esters is 1. The molecule has 0 aliphatic heterocycles. The Balaban J connectivity index is 1.64. The van der Waals surface area contributed by atoms with Gasteiger partial charge in [-0.25, -0.2) is 10.2 Å². The van der Waals surface area contributed by atoms with Crippen molar-refractivity contribution >= 4 is 18.1 Å². The van der Waals surface area contributed by atoms with E-state index in [1.165, 1.54) is 77.7 Å². The van der Waals surface area contributed by atoms with Gasteiger partial charge in [0, 0.05) is 6.42 Å². The fraction of sp³-hybridized carbons (Fsp3) is 0.571. The summed E-state index contributed by atoms with van der Waals surface area (Å²) >= 11 is 0. The number of hydrogen-bond donors (Lipinski definition) is 1. The highest BCUT2D eigenvalue weighted by Gasteiger charge is 2.13. The van der Waals surface area contributed by atoms with Crippen molar-refractivity contribution in [3.8, 4) is 17.2 Å². The molecule has 42 heavy (non-hydrogen) atoms. The first-order valence-corrected chi connectivity index (χ1v) is 16.0. The lowest BCUT2D eigenvalue weighted by Gasteiger charge is -2.10. The van der Waals surface area contributed by atoms with E-state index in [-0.39, 0.29) is 5.91 Å². The van der Waals surface area contributed by atoms with Gasteiger partial charge in [0.05, 0.1) is 25.5 Å². The van der Waals surface area contributed by atoms with Gasteiger partial charge in [0.2, 0.25) is 5.91 Å². The maximum atomic E-state index is 12.6. The molecule has 0 saturated carbocycles. The standard InChI is InChI=1S/C35H52N2O5/c1-4-6-8-9-10-11-12-13-14-15-16-17-18-19-34(38)37-36-28-29-20-25-32(33(27-29)40-3)42-35(39)30-21-23-31(24-22-30)41-26-7-5-2/h20-25,27-28H,4-19,26H2,1-3H3,(H,37,38). The van der Waals surface area contributed by atoms with Gasteiger partial charge in [0.1, 0.15) is 5.75 Å². The number of ether oxygens (including phenoxy) is 3. The summed E-state index contributed by atoms with van der Waals surface area (Å²) in [5, 5.41) is 4.07. The number of nitrogens with zero attached hydrogens (tertiary/aromatic N) is 1. The van der Waals surface area contributed by atoms with E-state index in [2.05, 4.69) is 24.4 Å². The van der Waals surface area contributed by atoms with Crippen LogP contribution in [0.25, 0.3) is 0 Å². The third-order valence-corrected chi connectivity index (χ3v) is 7.16. The highest BCUT2D eigenvalue weighted by molar-refractivity contribution is 5.91. The summed E-state index contributed by atoms with van der Waals surface area (Å²) in [5.41, 5.74) is 3.72. The van der Waals surface area contributed by atoms with Crippen molar-refractivity contribution in [3.05, 3.63) is 53.6 Å². The van der Waals surface area contributed by atoms with Crippen molar-refractivity contribution < 1.29 is 23.8 Å². The molecular formula is C35H52N2O5. The molecule has 1 amide bonds. The van der Waals surface area contributed by atoms with Crippen molar-refractivity contribution in [3.63, 3.8) is 0 Å². The van der Waals surface area contributed by atoms with Gasteiger partial charge in [0.25, 0.3) is 0 Å². The molecule has 0 aromatic heterocycles. The normalized spacial score (nSPS) is 11.0. The molecule has 0 unspecified atom stereocenters. The van der Waals surface area contributed by atoms with Crippen molar-refractivity contribution in [1.29, 1.82) is 0 Å². The molecule has 0 saturated heterocycles. The Hall–Kier alpha value is -3.35. The third-order valence-electron chi connectivity index (χ3n) is 7.16. The topological polar surface area (TPSA) is 86.2 Å². The van der Waals surface area contributed by atoms with Crippen LogP contribution in [0, 0.1) is 0 Å². The smallest absolute Gasteiger partial charge is 0.343 e. The summed E-state index contributed by atoms with van der Waals surface area (Å²) in [4.78, 5) is 24.8. The lowest BCUT2D eigenvalue weighted by Crippen LogP contribution is -2.16. The van der Waals surface area contributed by atoms with Gasteiger partial charge in [-0.1, -0.05) is 97.3 Å². The van der Waals surface area contributed by atoms with Gasteiger partial charge in [-0.05, 0) is 60.9 Å². The molecule has 7 heteroatoms. The lowest BCUT2D eigenvalue weighted by molar-refractivity contribution is -0.121. The van der Waals surface area contributed by atoms with Gasteiger partial charge < -0.3 is 14.2 Å². The Labute approximate surface area is 253 Å². The Morgan fingerprint density at radius 3 is 1.93 bits per heavy atom. The SMILES string of the molecule is CCCCCCCCCCCCCCCC(=O)NN=Cc1ccc(OC(=O)c2ccc(OCCCC)cc2)c(OC)c1. The zero-order chi connectivity index (χ0) is 30.3. The van der Waals surface area contributed by atoms with Crippen molar-refractivity contribution in [2.24, 2.45) is 5.10 Å². The first kappa shape index (κ1) is 34.8. The fourth-order valence-corrected chi connectivity index (χ4v) is 4.57. The molecule has 7 nitrogen and oxygen atoms in total. The molecule has 2 aromatic carbocycles. The van der Waals surface area contributed by atoms with E-state index in [0.717, 1.165) is 31.4 Å². The molecule has 0 heterocycles. The highest BCUT2D eigenvalue weighted by Crippen LogP contribution is 2.28. The molecule has 0 aliphatic carbocycles. The molecule has 2 aromatic rings. The second-order valence-corrected chi connectivity index (χ2v) is 10.8. The van der Waals surface area contributed by atoms with Gasteiger partial charge in [-0.3, -0.25) is 4.79 Å². The number of hydrazone groups is 1. The van der Waals surface area contributed by atoms with E-state index in [9.17, 15) is 9.59 Å². The quantitative estimate of drug-likeness (QED) is 0.0466. The zero-order valence-corrected chi connectivity index (χ0v) is 26.1. The molecule has 0 radical (unpaired) electrons. The van der Waals surface area contributed by atoms with E-state index in [4.69, 9.17) is 14.2 Å². The number of carbonyl (C=O) groups excluding carboxylic acids is 2. The minimum absolute atomic E-state index is 0.0892. The second kappa shape index (κ2) is 22.3. The van der Waals surface area contributed by atoms with E-state index in [0.29, 0.717) is 35.7 Å². The molecule has 0 spiro atoms. The third kappa shape index (κ3) is 15.0. The lowest BCUT2D eigenvalue weighted by atomic mass is 10.0. The number of benzene rings is 2. The van der Waals surface area contributed by atoms with Crippen LogP contribution in [-0.4, -0.2) is 31.8 Å². The van der Waals surface area contributed by atoms with Crippen LogP contribution in [0.5, 0.6) is 17.2 Å². The van der Waals surface area contributed by atoms with Crippen molar-refractivity contribution in [2.45, 2.75) is 117 Å². The van der Waals surface area contributed by atoms with Gasteiger partial charge in [-0.15, -0.1) is 0 Å². The Morgan fingerprint density at radius 2 is 1.33 bits per heavy atom. The number of amides is 1. The molecule has 0 fully saturated rings. The number of rotatable bonds is 23. The van der Waals surface area contributed by atoms with E-state index in [1.54, 1.807) is 48.7 Å². The van der Waals surface area contributed by atoms with E-state index < -0.39 is 5.97 Å². The zero-order valence-electron chi connectivity index (χ0n) is 26.1. The number of methoxy groups -OCH3 is 1. The monoisotopic (exact) mass is 580 g/mol. The highest BCUT2D eigenvalue weighted by atomic mass is 16.6. The van der Waals surface area contributed by atoms with Crippen LogP contribution in [0.3, 0.4) is 0 Å². The molecule has 0 bridgehead atoms. The second-order valence-electron chi connectivity index (χ2n) is 10.8. The Kier molecular flexibility index (Phi) is 18.5. The number of nitrogens with one attached hydrogen (secondary N) is 1. The van der Waals surface area contributed by atoms with Gasteiger partial charge in [0.15, 0.2) is 11.5 Å². The fourth-order valence-electron chi connectivity index (χ4n) is 4.57. The first-order chi connectivity index (χ1) is 20.6. The number of unbranched alkanes of at least 4 members (excludes halogenated alkanes) is 13. The molecule has 1 N–H and O–H groups in total. The van der Waals surface area contributed by atoms with Crippen LogP contribution in [-0.2, 0) is 4.79 Å². The Bertz CT molecular complexity index is 1050. The maximum absolute atomic E-state index is 12.6. The molecule has 2 rings (SSSR count). The van der Waals surface area contributed by atoms with E-state index in [1.807, 2.05) is 0 Å². The first-order valence-electron chi connectivity index (χ1n) is 16.0. The van der Waals surface area contributed by atoms with Crippen LogP contribution < -0.4 is 19.6 Å². The molecule has 0 aliphatic rings. The average molecular weight is 581 g/mol. The largest absolute Gasteiger partial charge is 0.494 e. The van der Waals surface area contributed by atoms with Crippen LogP contribution in [0.2, 0.25) is 0 Å². The summed E-state index contributed by atoms with van der Waals surface area (Å²) < 4.78 is 16.6. The van der Waals surface area contributed by atoms with Crippen LogP contribution in [0.4, 0.5) is 0 Å². The minimum Gasteiger partial charge on any atom is -0.494 e. The number of hydrogen-bond acceptors (Lipinski definition) is 6. The summed E-state index contributed by atoms with van der Waals surface area (Å²) in [7, 11) is 1.51. The molecule has 0 atom stereocenters. The van der Waals surface area contributed by atoms with Gasteiger partial charge in [-0.2, -0.15) is 5.10 Å². The summed E-state index contributed by atoms with van der Waals surface area (Å²) in [6.45, 7) is 5.02. The molecule has 232 valence electrons. The summed E-state index contributed by atoms with van der Waals surface area (Å²) in [5.74, 6) is 0.834. The summed E-state index contributed by atoms with van der Waals surface area (Å²) in [6.07, 6.45) is 20.7. The number of carbonyl (C=O) groups is 2. The predicted octanol–water partition coefficient (Wildman–Crippen LogP) is 9.02. The predicted molar refractivity (Wildman–Crippen MR) is 171 cm³/mol. The minimum atomic E-state index is -0.491. The van der Waals surface area contributed by atoms with Crippen molar-refractivity contribution in [2.75, 3.05) is 13.7 Å². The van der Waals surface area contributed by atoms with Crippen LogP contribution in [0.1, 0.15) is 133 Å². The van der Waals surface area contributed by atoms with Gasteiger partial charge >= 0.3 is 5.97 Å². The van der Waals surface area contributed by atoms with Crippen molar-refractivity contribution in [1.82, 2.24) is 5.43 Å².